The topological polar surface area (TPSA) is 16.1 Å². The molecule has 1 fully saturated rings. The molecule has 0 spiro atoms. The predicted molar refractivity (Wildman–Crippen MR) is 86.9 cm³/mol. The number of benzene rings is 1. The molecular formula is C15H15BrN2S. The SMILES string of the molecule is Brc1ccc(-c2cccc(N3CCSCC3)n2)cc1. The lowest BCUT2D eigenvalue weighted by Crippen LogP contribution is -2.33. The monoisotopic (exact) mass is 334 g/mol. The van der Waals surface area contributed by atoms with Crippen LogP contribution in [0, 0.1) is 0 Å². The Morgan fingerprint density at radius 2 is 1.74 bits per heavy atom. The molecule has 0 radical (unpaired) electrons. The summed E-state index contributed by atoms with van der Waals surface area (Å²) < 4.78 is 1.10. The number of halogens is 1. The third kappa shape index (κ3) is 3.12. The molecule has 1 aliphatic heterocycles. The Morgan fingerprint density at radius 1 is 1.00 bits per heavy atom. The number of rotatable bonds is 2. The first kappa shape index (κ1) is 13.0. The highest BCUT2D eigenvalue weighted by Crippen LogP contribution is 2.23. The first-order chi connectivity index (χ1) is 9.33. The quantitative estimate of drug-likeness (QED) is 0.823. The molecule has 98 valence electrons. The van der Waals surface area contributed by atoms with E-state index >= 15 is 0 Å². The molecule has 0 aliphatic carbocycles. The van der Waals surface area contributed by atoms with E-state index in [1.807, 2.05) is 11.8 Å². The van der Waals surface area contributed by atoms with Gasteiger partial charge in [0.1, 0.15) is 5.82 Å². The summed E-state index contributed by atoms with van der Waals surface area (Å²) >= 11 is 5.48. The highest BCUT2D eigenvalue weighted by Gasteiger charge is 2.12. The van der Waals surface area contributed by atoms with Gasteiger partial charge in [-0.3, -0.25) is 0 Å². The molecule has 2 aromatic rings. The molecule has 0 saturated carbocycles. The fourth-order valence-electron chi connectivity index (χ4n) is 2.17. The molecule has 0 bridgehead atoms. The van der Waals surface area contributed by atoms with Crippen LogP contribution in [0.5, 0.6) is 0 Å². The summed E-state index contributed by atoms with van der Waals surface area (Å²) in [7, 11) is 0. The van der Waals surface area contributed by atoms with Crippen LogP contribution in [-0.4, -0.2) is 29.6 Å². The summed E-state index contributed by atoms with van der Waals surface area (Å²) in [6.07, 6.45) is 0. The third-order valence-corrected chi connectivity index (χ3v) is 4.68. The van der Waals surface area contributed by atoms with E-state index in [9.17, 15) is 0 Å². The van der Waals surface area contributed by atoms with Crippen molar-refractivity contribution < 1.29 is 0 Å². The molecule has 1 aromatic heterocycles. The van der Waals surface area contributed by atoms with E-state index in [2.05, 4.69) is 63.3 Å². The van der Waals surface area contributed by atoms with Gasteiger partial charge in [-0.1, -0.05) is 34.1 Å². The molecule has 0 N–H and O–H groups in total. The summed E-state index contributed by atoms with van der Waals surface area (Å²) in [5.74, 6) is 3.50. The van der Waals surface area contributed by atoms with Gasteiger partial charge in [0.05, 0.1) is 5.69 Å². The third-order valence-electron chi connectivity index (χ3n) is 3.21. The summed E-state index contributed by atoms with van der Waals surface area (Å²) in [5, 5.41) is 0. The number of hydrogen-bond donors (Lipinski definition) is 0. The second-order valence-corrected chi connectivity index (χ2v) is 6.63. The van der Waals surface area contributed by atoms with Crippen molar-refractivity contribution in [3.05, 3.63) is 46.9 Å². The Labute approximate surface area is 126 Å². The van der Waals surface area contributed by atoms with Crippen LogP contribution in [0.2, 0.25) is 0 Å². The van der Waals surface area contributed by atoms with Crippen molar-refractivity contribution in [2.45, 2.75) is 0 Å². The van der Waals surface area contributed by atoms with Crippen LogP contribution in [0.1, 0.15) is 0 Å². The Bertz CT molecular complexity index is 550. The maximum atomic E-state index is 4.80. The largest absolute Gasteiger partial charge is 0.355 e. The number of anilines is 1. The van der Waals surface area contributed by atoms with Gasteiger partial charge < -0.3 is 4.90 Å². The Kier molecular flexibility index (Phi) is 4.09. The van der Waals surface area contributed by atoms with Gasteiger partial charge in [0.25, 0.3) is 0 Å². The number of pyridine rings is 1. The minimum Gasteiger partial charge on any atom is -0.355 e. The fourth-order valence-corrected chi connectivity index (χ4v) is 3.34. The van der Waals surface area contributed by atoms with Crippen LogP contribution in [0.25, 0.3) is 11.3 Å². The van der Waals surface area contributed by atoms with Crippen LogP contribution < -0.4 is 4.90 Å². The first-order valence-corrected chi connectivity index (χ1v) is 8.33. The lowest BCUT2D eigenvalue weighted by molar-refractivity contribution is 0.840. The van der Waals surface area contributed by atoms with E-state index in [-0.39, 0.29) is 0 Å². The number of thioether (sulfide) groups is 1. The minimum absolute atomic E-state index is 1.04. The van der Waals surface area contributed by atoms with Crippen LogP contribution in [0.15, 0.2) is 46.9 Å². The summed E-state index contributed by atoms with van der Waals surface area (Å²) in [6, 6.07) is 14.6. The Morgan fingerprint density at radius 3 is 2.47 bits per heavy atom. The summed E-state index contributed by atoms with van der Waals surface area (Å²) in [5.41, 5.74) is 2.21. The lowest BCUT2D eigenvalue weighted by atomic mass is 10.1. The Balaban J connectivity index is 1.88. The molecule has 3 rings (SSSR count). The van der Waals surface area contributed by atoms with E-state index in [1.54, 1.807) is 0 Å². The van der Waals surface area contributed by atoms with Crippen molar-refractivity contribution >= 4 is 33.5 Å². The van der Waals surface area contributed by atoms with Gasteiger partial charge in [0, 0.05) is 34.6 Å². The average Bonchev–Trinajstić information content (AvgIpc) is 2.49. The molecule has 19 heavy (non-hydrogen) atoms. The predicted octanol–water partition coefficient (Wildman–Crippen LogP) is 4.06. The summed E-state index contributed by atoms with van der Waals surface area (Å²) in [4.78, 5) is 7.17. The van der Waals surface area contributed by atoms with Crippen LogP contribution in [0.3, 0.4) is 0 Å². The molecule has 2 nitrogen and oxygen atoms in total. The van der Waals surface area contributed by atoms with E-state index in [0.717, 1.165) is 34.6 Å². The zero-order valence-corrected chi connectivity index (χ0v) is 13.0. The van der Waals surface area contributed by atoms with Crippen molar-refractivity contribution in [3.63, 3.8) is 0 Å². The van der Waals surface area contributed by atoms with Crippen molar-refractivity contribution in [2.75, 3.05) is 29.5 Å². The molecule has 2 heterocycles. The van der Waals surface area contributed by atoms with Crippen molar-refractivity contribution in [2.24, 2.45) is 0 Å². The van der Waals surface area contributed by atoms with Gasteiger partial charge in [-0.25, -0.2) is 4.98 Å². The zero-order chi connectivity index (χ0) is 13.1. The molecule has 1 aromatic carbocycles. The highest BCUT2D eigenvalue weighted by atomic mass is 79.9. The van der Waals surface area contributed by atoms with Gasteiger partial charge in [0.15, 0.2) is 0 Å². The number of aromatic nitrogens is 1. The molecule has 4 heteroatoms. The van der Waals surface area contributed by atoms with Crippen molar-refractivity contribution in [1.82, 2.24) is 4.98 Å². The highest BCUT2D eigenvalue weighted by molar-refractivity contribution is 9.10. The van der Waals surface area contributed by atoms with Crippen LogP contribution in [0.4, 0.5) is 5.82 Å². The molecule has 1 aliphatic rings. The normalized spacial score (nSPS) is 15.5. The maximum absolute atomic E-state index is 4.80. The molecular weight excluding hydrogens is 320 g/mol. The second-order valence-electron chi connectivity index (χ2n) is 4.49. The smallest absolute Gasteiger partial charge is 0.129 e. The standard InChI is InChI=1S/C15H15BrN2S/c16-13-6-4-12(5-7-13)14-2-1-3-15(17-14)18-8-10-19-11-9-18/h1-7H,8-11H2. The van der Waals surface area contributed by atoms with Crippen LogP contribution in [-0.2, 0) is 0 Å². The fraction of sp³-hybridized carbons (Fsp3) is 0.267. The van der Waals surface area contributed by atoms with E-state index in [1.165, 1.54) is 11.5 Å². The Hall–Kier alpha value is -1.00. The first-order valence-electron chi connectivity index (χ1n) is 6.38. The van der Waals surface area contributed by atoms with Gasteiger partial charge in [0.2, 0.25) is 0 Å². The molecule has 0 unspecified atom stereocenters. The minimum atomic E-state index is 1.04. The molecule has 0 atom stereocenters. The van der Waals surface area contributed by atoms with E-state index in [4.69, 9.17) is 4.98 Å². The van der Waals surface area contributed by atoms with Crippen molar-refractivity contribution in [3.8, 4) is 11.3 Å². The molecule has 1 saturated heterocycles. The number of hydrogen-bond acceptors (Lipinski definition) is 3. The van der Waals surface area contributed by atoms with Gasteiger partial charge in [-0.2, -0.15) is 11.8 Å². The average molecular weight is 335 g/mol. The maximum Gasteiger partial charge on any atom is 0.129 e. The molecule has 0 amide bonds. The van der Waals surface area contributed by atoms with Crippen molar-refractivity contribution in [1.29, 1.82) is 0 Å². The van der Waals surface area contributed by atoms with E-state index in [0.29, 0.717) is 0 Å². The van der Waals surface area contributed by atoms with Gasteiger partial charge >= 0.3 is 0 Å². The second kappa shape index (κ2) is 5.97. The van der Waals surface area contributed by atoms with Gasteiger partial charge in [-0.15, -0.1) is 0 Å². The van der Waals surface area contributed by atoms with Gasteiger partial charge in [-0.05, 0) is 24.3 Å². The number of nitrogens with zero attached hydrogens (tertiary/aromatic N) is 2. The summed E-state index contributed by atoms with van der Waals surface area (Å²) in [6.45, 7) is 2.20. The van der Waals surface area contributed by atoms with E-state index < -0.39 is 0 Å². The zero-order valence-electron chi connectivity index (χ0n) is 10.6. The van der Waals surface area contributed by atoms with Crippen LogP contribution >= 0.6 is 27.7 Å². The lowest BCUT2D eigenvalue weighted by Gasteiger charge is -2.27.